The maximum atomic E-state index is 5.44. The lowest BCUT2D eigenvalue weighted by atomic mass is 9.92. The van der Waals surface area contributed by atoms with Crippen molar-refractivity contribution in [2.75, 3.05) is 21.2 Å². The molecule has 1 atom stereocenters. The van der Waals surface area contributed by atoms with Crippen molar-refractivity contribution < 1.29 is 4.74 Å². The van der Waals surface area contributed by atoms with Crippen molar-refractivity contribution >= 4 is 10.9 Å². The minimum Gasteiger partial charge on any atom is -0.497 e. The summed E-state index contributed by atoms with van der Waals surface area (Å²) in [5.41, 5.74) is 6.46. The van der Waals surface area contributed by atoms with E-state index in [0.29, 0.717) is 6.04 Å². The van der Waals surface area contributed by atoms with E-state index in [1.807, 2.05) is 6.07 Å². The van der Waals surface area contributed by atoms with Crippen molar-refractivity contribution in [2.45, 2.75) is 18.9 Å². The number of hydrogen-bond donors (Lipinski definition) is 1. The Bertz CT molecular complexity index is 1080. The summed E-state index contributed by atoms with van der Waals surface area (Å²) in [6.07, 6.45) is 4.11. The zero-order valence-electron chi connectivity index (χ0n) is 17.4. The standard InChI is InChI=1S/C26H28N2O/c1-28(2)22(16-21-18-27-26-14-13-23(29-3)17-25(21)26)15-20-11-7-8-12-24(20)19-9-5-4-6-10-19/h4-14,17-18,22,27H,15-16H2,1-3H3. The second-order valence-corrected chi connectivity index (χ2v) is 7.77. The molecule has 0 fully saturated rings. The Morgan fingerprint density at radius 2 is 1.59 bits per heavy atom. The molecule has 3 heteroatoms. The van der Waals surface area contributed by atoms with Crippen molar-refractivity contribution in [3.63, 3.8) is 0 Å². The van der Waals surface area contributed by atoms with Gasteiger partial charge in [-0.3, -0.25) is 0 Å². The summed E-state index contributed by atoms with van der Waals surface area (Å²) in [5, 5.41) is 1.24. The molecular formula is C26H28N2O. The second-order valence-electron chi connectivity index (χ2n) is 7.77. The van der Waals surface area contributed by atoms with Crippen LogP contribution < -0.4 is 4.74 Å². The Kier molecular flexibility index (Phi) is 5.68. The van der Waals surface area contributed by atoms with E-state index in [4.69, 9.17) is 4.74 Å². The topological polar surface area (TPSA) is 28.3 Å². The van der Waals surface area contributed by atoms with Crippen LogP contribution in [0.3, 0.4) is 0 Å². The third-order valence-electron chi connectivity index (χ3n) is 5.72. The van der Waals surface area contributed by atoms with E-state index in [0.717, 1.165) is 24.1 Å². The van der Waals surface area contributed by atoms with Crippen LogP contribution in [0.15, 0.2) is 79.0 Å². The third kappa shape index (κ3) is 4.20. The maximum Gasteiger partial charge on any atom is 0.119 e. The predicted molar refractivity (Wildman–Crippen MR) is 122 cm³/mol. The van der Waals surface area contributed by atoms with Crippen LogP contribution in [-0.2, 0) is 12.8 Å². The van der Waals surface area contributed by atoms with Crippen LogP contribution >= 0.6 is 0 Å². The first kappa shape index (κ1) is 19.3. The number of nitrogens with zero attached hydrogens (tertiary/aromatic N) is 1. The van der Waals surface area contributed by atoms with Gasteiger partial charge < -0.3 is 14.6 Å². The van der Waals surface area contributed by atoms with E-state index >= 15 is 0 Å². The Labute approximate surface area is 172 Å². The minimum absolute atomic E-state index is 0.394. The van der Waals surface area contributed by atoms with Gasteiger partial charge in [-0.2, -0.15) is 0 Å². The zero-order valence-corrected chi connectivity index (χ0v) is 17.4. The monoisotopic (exact) mass is 384 g/mol. The van der Waals surface area contributed by atoms with E-state index in [1.54, 1.807) is 7.11 Å². The largest absolute Gasteiger partial charge is 0.497 e. The van der Waals surface area contributed by atoms with E-state index in [1.165, 1.54) is 27.6 Å². The summed E-state index contributed by atoms with van der Waals surface area (Å²) in [6, 6.07) is 26.0. The molecule has 148 valence electrons. The van der Waals surface area contributed by atoms with Gasteiger partial charge in [0.2, 0.25) is 0 Å². The van der Waals surface area contributed by atoms with Crippen LogP contribution in [0.25, 0.3) is 22.0 Å². The number of aromatic nitrogens is 1. The van der Waals surface area contributed by atoms with Gasteiger partial charge in [0.15, 0.2) is 0 Å². The highest BCUT2D eigenvalue weighted by Crippen LogP contribution is 2.28. The summed E-state index contributed by atoms with van der Waals surface area (Å²) in [4.78, 5) is 5.74. The smallest absolute Gasteiger partial charge is 0.119 e. The van der Waals surface area contributed by atoms with Gasteiger partial charge in [0.05, 0.1) is 7.11 Å². The van der Waals surface area contributed by atoms with Crippen molar-refractivity contribution in [3.8, 4) is 16.9 Å². The molecule has 4 aromatic rings. The maximum absolute atomic E-state index is 5.44. The van der Waals surface area contributed by atoms with Gasteiger partial charge in [-0.05, 0) is 67.4 Å². The highest BCUT2D eigenvalue weighted by molar-refractivity contribution is 5.84. The van der Waals surface area contributed by atoms with E-state index in [2.05, 4.69) is 96.9 Å². The molecule has 0 saturated carbocycles. The van der Waals surface area contributed by atoms with Crippen LogP contribution in [0.2, 0.25) is 0 Å². The number of fused-ring (bicyclic) bond motifs is 1. The van der Waals surface area contributed by atoms with Crippen LogP contribution in [0, 0.1) is 0 Å². The predicted octanol–water partition coefficient (Wildman–Crippen LogP) is 5.56. The lowest BCUT2D eigenvalue weighted by molar-refractivity contribution is 0.290. The summed E-state index contributed by atoms with van der Waals surface area (Å²) in [5.74, 6) is 0.897. The number of benzene rings is 3. The zero-order chi connectivity index (χ0) is 20.2. The molecule has 0 radical (unpaired) electrons. The molecule has 3 aromatic carbocycles. The molecule has 3 nitrogen and oxygen atoms in total. The van der Waals surface area contributed by atoms with Crippen LogP contribution in [0.4, 0.5) is 0 Å². The molecule has 0 aliphatic carbocycles. The van der Waals surface area contributed by atoms with E-state index < -0.39 is 0 Å². The molecule has 1 heterocycles. The minimum atomic E-state index is 0.394. The number of rotatable bonds is 7. The van der Waals surface area contributed by atoms with Crippen LogP contribution in [-0.4, -0.2) is 37.1 Å². The average Bonchev–Trinajstić information content (AvgIpc) is 3.16. The lowest BCUT2D eigenvalue weighted by Gasteiger charge is -2.25. The quantitative estimate of drug-likeness (QED) is 0.452. The molecule has 0 spiro atoms. The molecule has 0 bridgehead atoms. The molecule has 1 aromatic heterocycles. The first-order chi connectivity index (χ1) is 14.2. The Hall–Kier alpha value is -3.04. The Morgan fingerprint density at radius 3 is 2.34 bits per heavy atom. The highest BCUT2D eigenvalue weighted by atomic mass is 16.5. The van der Waals surface area contributed by atoms with Crippen molar-refractivity contribution in [1.82, 2.24) is 9.88 Å². The van der Waals surface area contributed by atoms with Crippen molar-refractivity contribution in [3.05, 3.63) is 90.1 Å². The van der Waals surface area contributed by atoms with Crippen LogP contribution in [0.1, 0.15) is 11.1 Å². The molecule has 4 rings (SSSR count). The summed E-state index contributed by atoms with van der Waals surface area (Å²) < 4.78 is 5.44. The van der Waals surface area contributed by atoms with Gasteiger partial charge in [0.25, 0.3) is 0 Å². The Morgan fingerprint density at radius 1 is 0.862 bits per heavy atom. The summed E-state index contributed by atoms with van der Waals surface area (Å²) in [7, 11) is 6.06. The van der Waals surface area contributed by atoms with Gasteiger partial charge in [0, 0.05) is 23.1 Å². The van der Waals surface area contributed by atoms with E-state index in [-0.39, 0.29) is 0 Å². The van der Waals surface area contributed by atoms with Crippen molar-refractivity contribution in [2.24, 2.45) is 0 Å². The number of aromatic amines is 1. The van der Waals surface area contributed by atoms with Crippen LogP contribution in [0.5, 0.6) is 5.75 Å². The van der Waals surface area contributed by atoms with E-state index in [9.17, 15) is 0 Å². The molecule has 1 unspecified atom stereocenters. The van der Waals surface area contributed by atoms with Crippen molar-refractivity contribution in [1.29, 1.82) is 0 Å². The molecule has 0 amide bonds. The normalized spacial score (nSPS) is 12.4. The fourth-order valence-corrected chi connectivity index (χ4v) is 4.00. The second kappa shape index (κ2) is 8.54. The number of nitrogens with one attached hydrogen (secondary N) is 1. The molecule has 29 heavy (non-hydrogen) atoms. The fourth-order valence-electron chi connectivity index (χ4n) is 4.00. The number of H-pyrrole nitrogens is 1. The molecule has 0 aliphatic heterocycles. The number of hydrogen-bond acceptors (Lipinski definition) is 2. The lowest BCUT2D eigenvalue weighted by Crippen LogP contribution is -2.32. The molecule has 0 saturated heterocycles. The number of likely N-dealkylation sites (N-methyl/N-ethyl adjacent to an activating group) is 1. The molecule has 1 N–H and O–H groups in total. The van der Waals surface area contributed by atoms with Gasteiger partial charge in [-0.25, -0.2) is 0 Å². The Balaban J connectivity index is 1.64. The first-order valence-corrected chi connectivity index (χ1v) is 10.1. The summed E-state index contributed by atoms with van der Waals surface area (Å²) in [6.45, 7) is 0. The van der Waals surface area contributed by atoms with Gasteiger partial charge >= 0.3 is 0 Å². The third-order valence-corrected chi connectivity index (χ3v) is 5.72. The SMILES string of the molecule is COc1ccc2[nH]cc(CC(Cc3ccccc3-c3ccccc3)N(C)C)c2c1. The van der Waals surface area contributed by atoms with Gasteiger partial charge in [-0.15, -0.1) is 0 Å². The molecular weight excluding hydrogens is 356 g/mol. The first-order valence-electron chi connectivity index (χ1n) is 10.1. The average molecular weight is 385 g/mol. The van der Waals surface area contributed by atoms with Gasteiger partial charge in [-0.1, -0.05) is 54.6 Å². The molecule has 0 aliphatic rings. The summed E-state index contributed by atoms with van der Waals surface area (Å²) >= 11 is 0. The highest BCUT2D eigenvalue weighted by Gasteiger charge is 2.18. The number of ether oxygens (including phenoxy) is 1. The number of methoxy groups -OCH3 is 1. The van der Waals surface area contributed by atoms with Gasteiger partial charge in [0.1, 0.15) is 5.75 Å². The fraction of sp³-hybridized carbons (Fsp3) is 0.231.